The van der Waals surface area contributed by atoms with Crippen molar-refractivity contribution in [1.29, 1.82) is 0 Å². The van der Waals surface area contributed by atoms with Gasteiger partial charge in [-0.3, -0.25) is 5.32 Å². The highest BCUT2D eigenvalue weighted by molar-refractivity contribution is 7.09. The van der Waals surface area contributed by atoms with E-state index in [2.05, 4.69) is 15.2 Å². The second kappa shape index (κ2) is 6.68. The molecular weight excluding hydrogens is 238 g/mol. The number of hydrogen-bond acceptors (Lipinski definition) is 6. The first kappa shape index (κ1) is 14.1. The average Bonchev–Trinajstić information content (AvgIpc) is 2.69. The van der Waals surface area contributed by atoms with Crippen LogP contribution in [0.2, 0.25) is 0 Å². The number of nitrogens with zero attached hydrogens (tertiary/aromatic N) is 2. The Morgan fingerprint density at radius 1 is 1.65 bits per heavy atom. The van der Waals surface area contributed by atoms with Gasteiger partial charge in [0.2, 0.25) is 0 Å². The molecule has 96 valence electrons. The molecule has 1 heterocycles. The molecule has 0 aliphatic carbocycles. The summed E-state index contributed by atoms with van der Waals surface area (Å²) in [5.74, 6) is -0.293. The molecule has 0 amide bonds. The van der Waals surface area contributed by atoms with Gasteiger partial charge < -0.3 is 9.64 Å². The number of ether oxygens (including phenoxy) is 1. The SMILES string of the molecule is COC(=O)C(NCCN(C)C)c1nc(C)cs1. The number of nitrogens with one attached hydrogen (secondary N) is 1. The first-order valence-corrected chi connectivity index (χ1v) is 6.30. The highest BCUT2D eigenvalue weighted by Gasteiger charge is 2.23. The molecule has 0 aliphatic rings. The lowest BCUT2D eigenvalue weighted by atomic mass is 10.3. The van der Waals surface area contributed by atoms with Crippen molar-refractivity contribution in [3.8, 4) is 0 Å². The van der Waals surface area contributed by atoms with Crippen LogP contribution in [0.25, 0.3) is 0 Å². The molecule has 1 rings (SSSR count). The zero-order valence-electron chi connectivity index (χ0n) is 10.7. The average molecular weight is 257 g/mol. The summed E-state index contributed by atoms with van der Waals surface area (Å²) in [5, 5.41) is 5.85. The predicted octanol–water partition coefficient (Wildman–Crippen LogP) is 0.817. The largest absolute Gasteiger partial charge is 0.468 e. The number of thiazole rings is 1. The van der Waals surface area contributed by atoms with Crippen LogP contribution in [-0.2, 0) is 9.53 Å². The molecule has 0 saturated heterocycles. The Balaban J connectivity index is 2.64. The fourth-order valence-electron chi connectivity index (χ4n) is 1.33. The molecule has 0 bridgehead atoms. The number of carbonyl (C=O) groups is 1. The third kappa shape index (κ3) is 4.41. The van der Waals surface area contributed by atoms with Crippen molar-refractivity contribution in [3.63, 3.8) is 0 Å². The molecule has 0 radical (unpaired) electrons. The van der Waals surface area contributed by atoms with Gasteiger partial charge in [0.1, 0.15) is 5.01 Å². The lowest BCUT2D eigenvalue weighted by Gasteiger charge is -2.16. The molecule has 0 fully saturated rings. The first-order valence-electron chi connectivity index (χ1n) is 5.42. The van der Waals surface area contributed by atoms with Crippen molar-refractivity contribution in [2.75, 3.05) is 34.3 Å². The van der Waals surface area contributed by atoms with Crippen molar-refractivity contribution in [2.45, 2.75) is 13.0 Å². The summed E-state index contributed by atoms with van der Waals surface area (Å²) >= 11 is 1.47. The summed E-state index contributed by atoms with van der Waals surface area (Å²) in [4.78, 5) is 18.0. The predicted molar refractivity (Wildman–Crippen MR) is 68.2 cm³/mol. The van der Waals surface area contributed by atoms with Gasteiger partial charge in [-0.05, 0) is 21.0 Å². The zero-order chi connectivity index (χ0) is 12.8. The van der Waals surface area contributed by atoms with Gasteiger partial charge >= 0.3 is 5.97 Å². The normalized spacial score (nSPS) is 12.8. The van der Waals surface area contributed by atoms with E-state index in [1.54, 1.807) is 0 Å². The standard InChI is InChI=1S/C11H19N3O2S/c1-8-7-17-10(13-8)9(11(15)16-4)12-5-6-14(2)3/h7,9,12H,5-6H2,1-4H3. The van der Waals surface area contributed by atoms with E-state index < -0.39 is 6.04 Å². The van der Waals surface area contributed by atoms with E-state index in [0.29, 0.717) is 6.54 Å². The van der Waals surface area contributed by atoms with Crippen molar-refractivity contribution >= 4 is 17.3 Å². The summed E-state index contributed by atoms with van der Waals surface area (Å²) in [5.41, 5.74) is 0.924. The van der Waals surface area contributed by atoms with E-state index in [1.165, 1.54) is 18.4 Å². The van der Waals surface area contributed by atoms with Gasteiger partial charge in [-0.2, -0.15) is 0 Å². The maximum absolute atomic E-state index is 11.7. The molecule has 0 aliphatic heterocycles. The van der Waals surface area contributed by atoms with E-state index in [9.17, 15) is 4.79 Å². The third-order valence-corrected chi connectivity index (χ3v) is 3.26. The second-order valence-corrected chi connectivity index (χ2v) is 4.93. The minimum Gasteiger partial charge on any atom is -0.468 e. The Morgan fingerprint density at radius 3 is 2.82 bits per heavy atom. The maximum atomic E-state index is 11.7. The Hall–Kier alpha value is -0.980. The molecule has 1 aromatic rings. The monoisotopic (exact) mass is 257 g/mol. The Morgan fingerprint density at radius 2 is 2.35 bits per heavy atom. The highest BCUT2D eigenvalue weighted by atomic mass is 32.1. The minimum atomic E-state index is -0.460. The fraction of sp³-hybridized carbons (Fsp3) is 0.636. The van der Waals surface area contributed by atoms with Crippen molar-refractivity contribution in [3.05, 3.63) is 16.1 Å². The highest BCUT2D eigenvalue weighted by Crippen LogP contribution is 2.19. The summed E-state index contributed by atoms with van der Waals surface area (Å²) in [6.45, 7) is 3.48. The van der Waals surface area contributed by atoms with Crippen LogP contribution < -0.4 is 5.32 Å². The van der Waals surface area contributed by atoms with E-state index in [1.807, 2.05) is 26.4 Å². The molecule has 0 saturated carbocycles. The van der Waals surface area contributed by atoms with Gasteiger partial charge in [0.25, 0.3) is 0 Å². The number of carbonyl (C=O) groups excluding carboxylic acids is 1. The molecular formula is C11H19N3O2S. The topological polar surface area (TPSA) is 54.5 Å². The van der Waals surface area contributed by atoms with Crippen LogP contribution in [0, 0.1) is 6.92 Å². The van der Waals surface area contributed by atoms with Crippen molar-refractivity contribution in [2.24, 2.45) is 0 Å². The number of aryl methyl sites for hydroxylation is 1. The quantitative estimate of drug-likeness (QED) is 0.765. The summed E-state index contributed by atoms with van der Waals surface area (Å²) in [6, 6.07) is -0.460. The van der Waals surface area contributed by atoms with Crippen LogP contribution in [-0.4, -0.2) is 50.1 Å². The second-order valence-electron chi connectivity index (χ2n) is 4.04. The Labute approximate surface area is 106 Å². The first-order chi connectivity index (χ1) is 8.04. The van der Waals surface area contributed by atoms with Crippen LogP contribution in [0.5, 0.6) is 0 Å². The molecule has 1 unspecified atom stereocenters. The van der Waals surface area contributed by atoms with Gasteiger partial charge in [-0.25, -0.2) is 9.78 Å². The third-order valence-electron chi connectivity index (χ3n) is 2.23. The van der Waals surface area contributed by atoms with Gasteiger partial charge in [-0.15, -0.1) is 11.3 Å². The van der Waals surface area contributed by atoms with E-state index in [-0.39, 0.29) is 5.97 Å². The molecule has 0 spiro atoms. The van der Waals surface area contributed by atoms with Crippen molar-refractivity contribution < 1.29 is 9.53 Å². The molecule has 5 nitrogen and oxygen atoms in total. The van der Waals surface area contributed by atoms with Gasteiger partial charge in [0, 0.05) is 24.2 Å². The summed E-state index contributed by atoms with van der Waals surface area (Å²) < 4.78 is 4.79. The van der Waals surface area contributed by atoms with Crippen LogP contribution in [0.4, 0.5) is 0 Å². The Kier molecular flexibility index (Phi) is 5.54. The number of rotatable bonds is 6. The van der Waals surface area contributed by atoms with E-state index in [0.717, 1.165) is 17.2 Å². The lowest BCUT2D eigenvalue weighted by molar-refractivity contribution is -0.143. The van der Waals surface area contributed by atoms with Gasteiger partial charge in [-0.1, -0.05) is 0 Å². The smallest absolute Gasteiger partial charge is 0.330 e. The molecule has 17 heavy (non-hydrogen) atoms. The summed E-state index contributed by atoms with van der Waals surface area (Å²) in [6.07, 6.45) is 0. The van der Waals surface area contributed by atoms with Crippen LogP contribution in [0.3, 0.4) is 0 Å². The number of esters is 1. The van der Waals surface area contributed by atoms with Crippen LogP contribution in [0.1, 0.15) is 16.7 Å². The molecule has 1 N–H and O–H groups in total. The van der Waals surface area contributed by atoms with Crippen LogP contribution in [0.15, 0.2) is 5.38 Å². The van der Waals surface area contributed by atoms with Crippen molar-refractivity contribution in [1.82, 2.24) is 15.2 Å². The number of hydrogen-bond donors (Lipinski definition) is 1. The Bertz CT molecular complexity index is 365. The van der Waals surface area contributed by atoms with E-state index in [4.69, 9.17) is 4.74 Å². The summed E-state index contributed by atoms with van der Waals surface area (Å²) in [7, 11) is 5.37. The van der Waals surface area contributed by atoms with Gasteiger partial charge in [0.05, 0.1) is 7.11 Å². The molecule has 1 atom stereocenters. The zero-order valence-corrected chi connectivity index (χ0v) is 11.5. The number of aromatic nitrogens is 1. The molecule has 0 aromatic carbocycles. The maximum Gasteiger partial charge on any atom is 0.330 e. The lowest BCUT2D eigenvalue weighted by Crippen LogP contribution is -2.34. The number of methoxy groups -OCH3 is 1. The minimum absolute atomic E-state index is 0.293. The molecule has 6 heteroatoms. The van der Waals surface area contributed by atoms with Gasteiger partial charge in [0.15, 0.2) is 6.04 Å². The van der Waals surface area contributed by atoms with Crippen LogP contribution >= 0.6 is 11.3 Å². The van der Waals surface area contributed by atoms with E-state index >= 15 is 0 Å². The molecule has 1 aromatic heterocycles. The number of likely N-dealkylation sites (N-methyl/N-ethyl adjacent to an activating group) is 1. The fourth-order valence-corrected chi connectivity index (χ4v) is 2.18.